The van der Waals surface area contributed by atoms with E-state index < -0.39 is 167 Å². The van der Waals surface area contributed by atoms with Crippen molar-refractivity contribution in [2.75, 3.05) is 88.8 Å². The van der Waals surface area contributed by atoms with Crippen molar-refractivity contribution in [3.8, 4) is 0 Å². The number of nitrogens with one attached hydrogen (secondary N) is 4. The maximum absolute atomic E-state index is 15.4. The molecule has 2 saturated heterocycles. The maximum atomic E-state index is 15.4. The third kappa shape index (κ3) is 26.1. The number of hydrogen-bond donors (Lipinski definition) is 6. The van der Waals surface area contributed by atoms with Crippen LogP contribution in [0.15, 0.2) is 0 Å². The number of unbranched alkanes of at least 4 members (excludes halogenated alkanes) is 3. The van der Waals surface area contributed by atoms with E-state index in [-0.39, 0.29) is 56.5 Å². The molecule has 0 spiro atoms. The maximum Gasteiger partial charge on any atom is 0.246 e. The summed E-state index contributed by atoms with van der Waals surface area (Å²) in [6, 6.07) is -14.4. The van der Waals surface area contributed by atoms with Gasteiger partial charge in [0.05, 0.1) is 25.4 Å². The average molecular weight is 1400 g/mol. The lowest BCUT2D eigenvalue weighted by molar-refractivity contribution is -0.157. The van der Waals surface area contributed by atoms with Crippen LogP contribution in [0, 0.1) is 35.5 Å². The minimum atomic E-state index is -1.69. The molecule has 0 saturated carbocycles. The third-order valence-corrected chi connectivity index (χ3v) is 19.4. The van der Waals surface area contributed by atoms with Gasteiger partial charge in [0, 0.05) is 75.5 Å². The molecule has 2 heterocycles. The number of morpholine rings is 1. The first-order valence-electron chi connectivity index (χ1n) is 36.0. The summed E-state index contributed by atoms with van der Waals surface area (Å²) in [7, 11) is 9.83. The van der Waals surface area contributed by atoms with Crippen molar-refractivity contribution in [3.05, 3.63) is 0 Å². The Hall–Kier alpha value is -6.52. The van der Waals surface area contributed by atoms with Gasteiger partial charge in [0.25, 0.3) is 0 Å². The first-order valence-corrected chi connectivity index (χ1v) is 36.0. The molecule has 0 bridgehead atoms. The normalized spacial score (nSPS) is 26.8. The van der Waals surface area contributed by atoms with Crippen molar-refractivity contribution in [1.29, 1.82) is 0 Å². The molecule has 7 N–H and O–H groups in total. The second-order valence-electron chi connectivity index (χ2n) is 29.8. The van der Waals surface area contributed by atoms with E-state index in [1.807, 2.05) is 41.5 Å². The standard InChI is InChI=1S/C71H129N13O15/c1-24-51-67(93)77(17)49(15)66(92)82(22)58(50(16)99-35-29-28-32-84-33-36-98-37-34-84)63(89)76-56(44(8)9)70(96)78(18)52(38-41(2)3)62(88)73-47(13)61(87)74-48(14)65(91)79(19)53(39-42(4)5)68(94)80(20)54(40-43(6)7)69(95)81(21)57(45(10)11)71(97)83(23)59(64(90)75-51)60(86)46(12)30-26-25-27-31-55(72)85/h41-54,56-60,86H,24-40H2,1-23H3,(H2,72,85)(H,73,88)(H,74,87)(H,75,90)(H,76,89)/t46-,47+,48-,49-,50-,51+,52+,53+,54+,56+,57+,58+,59+,60-/m1/s1. The van der Waals surface area contributed by atoms with E-state index in [2.05, 4.69) is 26.2 Å². The van der Waals surface area contributed by atoms with Crippen LogP contribution in [0.3, 0.4) is 0 Å². The van der Waals surface area contributed by atoms with Gasteiger partial charge < -0.3 is 75.9 Å². The lowest BCUT2D eigenvalue weighted by Gasteiger charge is -2.41. The molecule has 0 radical (unpaired) electrons. The van der Waals surface area contributed by atoms with Gasteiger partial charge in [0.1, 0.15) is 66.5 Å². The van der Waals surface area contributed by atoms with Gasteiger partial charge in [0.2, 0.25) is 70.9 Å². The summed E-state index contributed by atoms with van der Waals surface area (Å²) < 4.78 is 11.9. The zero-order valence-electron chi connectivity index (χ0n) is 64.3. The van der Waals surface area contributed by atoms with E-state index in [0.29, 0.717) is 45.3 Å². The number of aliphatic hydroxyl groups excluding tert-OH is 1. The molecule has 0 aromatic rings. The largest absolute Gasteiger partial charge is 0.390 e. The minimum Gasteiger partial charge on any atom is -0.390 e. The van der Waals surface area contributed by atoms with Crippen molar-refractivity contribution in [2.24, 2.45) is 41.2 Å². The Kier molecular flexibility index (Phi) is 37.6. The quantitative estimate of drug-likeness (QED) is 0.0757. The van der Waals surface area contributed by atoms with Crippen LogP contribution in [0.5, 0.6) is 0 Å². The van der Waals surface area contributed by atoms with Gasteiger partial charge in [-0.3, -0.25) is 62.4 Å². The van der Waals surface area contributed by atoms with Gasteiger partial charge in [-0.2, -0.15) is 0 Å². The van der Waals surface area contributed by atoms with Crippen LogP contribution in [0.2, 0.25) is 0 Å². The van der Waals surface area contributed by atoms with Gasteiger partial charge in [-0.1, -0.05) is 95.9 Å². The second kappa shape index (κ2) is 42.0. The Bertz CT molecular complexity index is 2670. The molecule has 28 heteroatoms. The van der Waals surface area contributed by atoms with Crippen LogP contribution in [0.1, 0.15) is 181 Å². The highest BCUT2D eigenvalue weighted by molar-refractivity contribution is 6.00. The van der Waals surface area contributed by atoms with Crippen molar-refractivity contribution in [2.45, 2.75) is 260 Å². The van der Waals surface area contributed by atoms with Gasteiger partial charge in [-0.15, -0.1) is 0 Å². The van der Waals surface area contributed by atoms with Crippen LogP contribution in [-0.2, 0) is 67.0 Å². The van der Waals surface area contributed by atoms with Crippen LogP contribution in [0.25, 0.3) is 0 Å². The average Bonchev–Trinajstić information content (AvgIpc) is 0.808. The van der Waals surface area contributed by atoms with Crippen molar-refractivity contribution in [1.82, 2.24) is 60.5 Å². The topological polar surface area (TPSA) is 344 Å². The Labute approximate surface area is 591 Å². The summed E-state index contributed by atoms with van der Waals surface area (Å²) in [6.07, 6.45) is 1.19. The molecule has 0 aliphatic carbocycles. The Balaban J connectivity index is 3.02. The molecular weight excluding hydrogens is 1270 g/mol. The van der Waals surface area contributed by atoms with Gasteiger partial charge in [-0.05, 0) is 121 Å². The van der Waals surface area contributed by atoms with Gasteiger partial charge >= 0.3 is 0 Å². The van der Waals surface area contributed by atoms with E-state index >= 15 is 28.8 Å². The van der Waals surface area contributed by atoms with Gasteiger partial charge in [-0.25, -0.2) is 0 Å². The summed E-state index contributed by atoms with van der Waals surface area (Å²) in [5, 5.41) is 23.5. The van der Waals surface area contributed by atoms with Crippen molar-refractivity contribution < 1.29 is 72.1 Å². The molecule has 2 fully saturated rings. The summed E-state index contributed by atoms with van der Waals surface area (Å²) in [5.74, 6) is -10.8. The van der Waals surface area contributed by atoms with Crippen LogP contribution in [0.4, 0.5) is 0 Å². The highest BCUT2D eigenvalue weighted by atomic mass is 16.5. The van der Waals surface area contributed by atoms with Crippen LogP contribution in [-0.4, -0.2) is 283 Å². The molecular formula is C71H129N13O15. The lowest BCUT2D eigenvalue weighted by atomic mass is 9.90. The van der Waals surface area contributed by atoms with E-state index in [0.717, 1.165) is 40.8 Å². The first-order chi connectivity index (χ1) is 46.1. The highest BCUT2D eigenvalue weighted by Crippen LogP contribution is 2.27. The second-order valence-corrected chi connectivity index (χ2v) is 29.8. The number of nitrogens with zero attached hydrogens (tertiary/aromatic N) is 8. The fourth-order valence-electron chi connectivity index (χ4n) is 12.9. The van der Waals surface area contributed by atoms with E-state index in [1.54, 1.807) is 48.5 Å². The highest BCUT2D eigenvalue weighted by Gasteiger charge is 2.47. The monoisotopic (exact) mass is 1400 g/mol. The Morgan fingerprint density at radius 2 is 0.990 bits per heavy atom. The minimum absolute atomic E-state index is 0.0356. The molecule has 12 amide bonds. The number of amides is 12. The molecule has 0 unspecified atom stereocenters. The predicted molar refractivity (Wildman–Crippen MR) is 378 cm³/mol. The molecule has 28 nitrogen and oxygen atoms in total. The fourth-order valence-corrected chi connectivity index (χ4v) is 12.9. The number of nitrogens with two attached hydrogens (primary N) is 1. The summed E-state index contributed by atoms with van der Waals surface area (Å²) in [5.41, 5.74) is 5.40. The van der Waals surface area contributed by atoms with E-state index in [4.69, 9.17) is 15.2 Å². The number of primary amides is 1. The number of carbonyl (C=O) groups excluding carboxylic acids is 12. The van der Waals surface area contributed by atoms with Crippen LogP contribution >= 0.6 is 0 Å². The molecule has 14 atom stereocenters. The number of ether oxygens (including phenoxy) is 2. The van der Waals surface area contributed by atoms with Crippen molar-refractivity contribution >= 4 is 70.9 Å². The van der Waals surface area contributed by atoms with Crippen LogP contribution < -0.4 is 27.0 Å². The summed E-state index contributed by atoms with van der Waals surface area (Å²) in [6.45, 7) is 31.2. The number of carbonyl (C=O) groups is 12. The van der Waals surface area contributed by atoms with Gasteiger partial charge in [0.15, 0.2) is 0 Å². The molecule has 2 aliphatic rings. The molecule has 568 valence electrons. The predicted octanol–water partition coefficient (Wildman–Crippen LogP) is 2.60. The molecule has 0 aromatic heterocycles. The third-order valence-electron chi connectivity index (χ3n) is 19.4. The zero-order valence-corrected chi connectivity index (χ0v) is 64.3. The number of likely N-dealkylation sites (N-methyl/N-ethyl adjacent to an activating group) is 7. The molecule has 2 aliphatic heterocycles. The first kappa shape index (κ1) is 88.6. The fraction of sp³-hybridized carbons (Fsp3) is 0.831. The summed E-state index contributed by atoms with van der Waals surface area (Å²) >= 11 is 0. The SMILES string of the molecule is CC[C@@H]1NC(=O)[C@H]([C@H](O)[C@H](C)CCCCCC(N)=O)N(C)C(=O)[C@H](C(C)C)N(C)C(=O)[C@H](CC(C)C)N(C)C(=O)[C@H](CC(C)C)N(C)C(=O)[C@@H](C)NC(=O)[C@H](C)NC(=O)[C@H](CC(C)C)N(C)C(=O)[C@H](C(C)C)NC(=O)[C@H]([C@@H](C)OCCCCN2CCOCC2)N(C)C(=O)[C@@H](C)N(C)C1=O. The molecule has 99 heavy (non-hydrogen) atoms. The van der Waals surface area contributed by atoms with E-state index in [9.17, 15) is 33.9 Å². The number of hydrogen-bond acceptors (Lipinski definition) is 16. The Morgan fingerprint density at radius 1 is 0.505 bits per heavy atom. The van der Waals surface area contributed by atoms with Crippen molar-refractivity contribution in [3.63, 3.8) is 0 Å². The smallest absolute Gasteiger partial charge is 0.246 e. The Morgan fingerprint density at radius 3 is 1.51 bits per heavy atom. The molecule has 2 rings (SSSR count). The summed E-state index contributed by atoms with van der Waals surface area (Å²) in [4.78, 5) is 186. The number of rotatable bonds is 24. The molecule has 0 aromatic carbocycles. The van der Waals surface area contributed by atoms with E-state index in [1.165, 1.54) is 89.7 Å². The number of aliphatic hydroxyl groups is 1. The zero-order chi connectivity index (χ0) is 75.8. The lowest BCUT2D eigenvalue weighted by Crippen LogP contribution is -2.64.